The minimum Gasteiger partial charge on any atom is -0.398 e. The fraction of sp³-hybridized carbons (Fsp3) is 0.0909. The summed E-state index contributed by atoms with van der Waals surface area (Å²) in [5.41, 5.74) is 6.46. The molecule has 2 rings (SSSR count). The third-order valence-electron chi connectivity index (χ3n) is 2.23. The molecule has 1 nitrogen and oxygen atoms in total. The maximum Gasteiger partial charge on any atom is 0.126 e. The minimum atomic E-state index is -0.446. The Labute approximate surface area is 80.1 Å². The topological polar surface area (TPSA) is 26.0 Å². The van der Waals surface area contributed by atoms with Crippen LogP contribution in [0.3, 0.4) is 0 Å². The Morgan fingerprint density at radius 3 is 2.50 bits per heavy atom. The Bertz CT molecular complexity index is 506. The van der Waals surface area contributed by atoms with E-state index in [0.29, 0.717) is 22.0 Å². The molecule has 0 spiro atoms. The van der Waals surface area contributed by atoms with Gasteiger partial charge in [0.2, 0.25) is 0 Å². The number of aryl methyl sites for hydroxylation is 1. The largest absolute Gasteiger partial charge is 0.398 e. The molecule has 0 aromatic heterocycles. The first-order chi connectivity index (χ1) is 6.58. The van der Waals surface area contributed by atoms with Gasteiger partial charge in [-0.1, -0.05) is 0 Å². The van der Waals surface area contributed by atoms with Gasteiger partial charge in [-0.05, 0) is 42.1 Å². The normalized spacial score (nSPS) is 10.8. The molecule has 0 unspecified atom stereocenters. The molecule has 0 bridgehead atoms. The van der Waals surface area contributed by atoms with Crippen LogP contribution in [-0.2, 0) is 0 Å². The number of rotatable bonds is 0. The monoisotopic (exact) mass is 193 g/mol. The van der Waals surface area contributed by atoms with E-state index in [2.05, 4.69) is 0 Å². The molecule has 0 aliphatic carbocycles. The van der Waals surface area contributed by atoms with E-state index in [-0.39, 0.29) is 5.82 Å². The first kappa shape index (κ1) is 8.94. The number of halogens is 2. The van der Waals surface area contributed by atoms with Crippen molar-refractivity contribution >= 4 is 16.5 Å². The molecule has 0 amide bonds. The molecule has 0 aliphatic heterocycles. The lowest BCUT2D eigenvalue weighted by atomic mass is 10.1. The summed E-state index contributed by atoms with van der Waals surface area (Å²) in [7, 11) is 0. The van der Waals surface area contributed by atoms with Gasteiger partial charge in [0.05, 0.1) is 0 Å². The predicted octanol–water partition coefficient (Wildman–Crippen LogP) is 3.01. The second kappa shape index (κ2) is 2.94. The van der Waals surface area contributed by atoms with Crippen molar-refractivity contribution in [2.45, 2.75) is 6.92 Å². The van der Waals surface area contributed by atoms with Crippen molar-refractivity contribution in [2.24, 2.45) is 0 Å². The van der Waals surface area contributed by atoms with E-state index in [4.69, 9.17) is 5.73 Å². The van der Waals surface area contributed by atoms with E-state index in [1.165, 1.54) is 18.2 Å². The van der Waals surface area contributed by atoms with E-state index >= 15 is 0 Å². The minimum absolute atomic E-state index is 0.336. The molecule has 2 N–H and O–H groups in total. The van der Waals surface area contributed by atoms with Crippen molar-refractivity contribution in [1.82, 2.24) is 0 Å². The highest BCUT2D eigenvalue weighted by Gasteiger charge is 2.05. The van der Waals surface area contributed by atoms with Crippen LogP contribution < -0.4 is 5.73 Å². The van der Waals surface area contributed by atoms with Crippen molar-refractivity contribution in [3.63, 3.8) is 0 Å². The maximum absolute atomic E-state index is 13.1. The summed E-state index contributed by atoms with van der Waals surface area (Å²) >= 11 is 0. The van der Waals surface area contributed by atoms with Gasteiger partial charge in [0, 0.05) is 11.1 Å². The lowest BCUT2D eigenvalue weighted by molar-refractivity contribution is 0.619. The highest BCUT2D eigenvalue weighted by atomic mass is 19.1. The zero-order valence-electron chi connectivity index (χ0n) is 7.64. The maximum atomic E-state index is 13.1. The number of hydrogen-bond donors (Lipinski definition) is 1. The zero-order chi connectivity index (χ0) is 10.3. The summed E-state index contributed by atoms with van der Waals surface area (Å²) in [4.78, 5) is 0. The number of fused-ring (bicyclic) bond motifs is 1. The SMILES string of the molecule is Cc1cc2c(N)cc(F)cc2cc1F. The van der Waals surface area contributed by atoms with Crippen molar-refractivity contribution in [1.29, 1.82) is 0 Å². The fourth-order valence-electron chi connectivity index (χ4n) is 1.48. The molecular formula is C11H9F2N. The van der Waals surface area contributed by atoms with Crippen molar-refractivity contribution in [3.05, 3.63) is 41.5 Å². The highest BCUT2D eigenvalue weighted by Crippen LogP contribution is 2.25. The third kappa shape index (κ3) is 1.31. The molecule has 0 heterocycles. The number of anilines is 1. The highest BCUT2D eigenvalue weighted by molar-refractivity contribution is 5.93. The van der Waals surface area contributed by atoms with Crippen LogP contribution in [0.1, 0.15) is 5.56 Å². The van der Waals surface area contributed by atoms with E-state index in [1.54, 1.807) is 13.0 Å². The van der Waals surface area contributed by atoms with Gasteiger partial charge in [0.15, 0.2) is 0 Å². The van der Waals surface area contributed by atoms with Crippen LogP contribution in [0.4, 0.5) is 14.5 Å². The summed E-state index contributed by atoms with van der Waals surface area (Å²) < 4.78 is 26.1. The zero-order valence-corrected chi connectivity index (χ0v) is 7.64. The van der Waals surface area contributed by atoms with E-state index < -0.39 is 5.82 Å². The molecule has 3 heteroatoms. The second-order valence-corrected chi connectivity index (χ2v) is 3.32. The van der Waals surface area contributed by atoms with Gasteiger partial charge in [-0.15, -0.1) is 0 Å². The molecule has 2 aromatic rings. The van der Waals surface area contributed by atoms with Crippen molar-refractivity contribution < 1.29 is 8.78 Å². The van der Waals surface area contributed by atoms with Gasteiger partial charge >= 0.3 is 0 Å². The number of nitrogens with two attached hydrogens (primary N) is 1. The van der Waals surface area contributed by atoms with Crippen LogP contribution in [0, 0.1) is 18.6 Å². The number of nitrogen functional groups attached to an aromatic ring is 1. The Balaban J connectivity index is 2.89. The van der Waals surface area contributed by atoms with Crippen LogP contribution in [0.5, 0.6) is 0 Å². The lowest BCUT2D eigenvalue weighted by Crippen LogP contribution is -1.91. The summed E-state index contributed by atoms with van der Waals surface area (Å²) in [6.07, 6.45) is 0. The molecular weight excluding hydrogens is 184 g/mol. The Morgan fingerprint density at radius 2 is 1.79 bits per heavy atom. The number of hydrogen-bond acceptors (Lipinski definition) is 1. The quantitative estimate of drug-likeness (QED) is 0.639. The Kier molecular flexibility index (Phi) is 1.88. The van der Waals surface area contributed by atoms with Crippen LogP contribution in [-0.4, -0.2) is 0 Å². The molecule has 14 heavy (non-hydrogen) atoms. The average Bonchev–Trinajstić information content (AvgIpc) is 2.08. The molecule has 72 valence electrons. The van der Waals surface area contributed by atoms with Gasteiger partial charge in [0.1, 0.15) is 11.6 Å². The van der Waals surface area contributed by atoms with E-state index in [9.17, 15) is 8.78 Å². The van der Waals surface area contributed by atoms with E-state index in [1.807, 2.05) is 0 Å². The lowest BCUT2D eigenvalue weighted by Gasteiger charge is -2.04. The van der Waals surface area contributed by atoms with Crippen LogP contribution in [0.15, 0.2) is 24.3 Å². The molecule has 0 atom stereocenters. The molecule has 0 fully saturated rings. The summed E-state index contributed by atoms with van der Waals surface area (Å²) in [6, 6.07) is 5.43. The first-order valence-corrected chi connectivity index (χ1v) is 4.23. The van der Waals surface area contributed by atoms with Gasteiger partial charge in [-0.2, -0.15) is 0 Å². The van der Waals surface area contributed by atoms with Crippen LogP contribution in [0.25, 0.3) is 10.8 Å². The van der Waals surface area contributed by atoms with Crippen LogP contribution >= 0.6 is 0 Å². The molecule has 2 aromatic carbocycles. The summed E-state index contributed by atoms with van der Waals surface area (Å²) in [6.45, 7) is 1.65. The third-order valence-corrected chi connectivity index (χ3v) is 2.23. The molecule has 0 aliphatic rings. The Hall–Kier alpha value is -1.64. The van der Waals surface area contributed by atoms with Gasteiger partial charge < -0.3 is 5.73 Å². The molecule has 0 saturated heterocycles. The average molecular weight is 193 g/mol. The Morgan fingerprint density at radius 1 is 1.07 bits per heavy atom. The smallest absolute Gasteiger partial charge is 0.126 e. The van der Waals surface area contributed by atoms with Gasteiger partial charge in [-0.3, -0.25) is 0 Å². The van der Waals surface area contributed by atoms with E-state index in [0.717, 1.165) is 0 Å². The number of benzene rings is 2. The standard InChI is InChI=1S/C11H9F2N/c1-6-2-9-7(4-10(6)13)3-8(12)5-11(9)14/h2-5H,14H2,1H3. The molecule has 0 radical (unpaired) electrons. The summed E-state index contributed by atoms with van der Waals surface area (Å²) in [5, 5.41) is 1.18. The fourth-order valence-corrected chi connectivity index (χ4v) is 1.48. The van der Waals surface area contributed by atoms with Gasteiger partial charge in [-0.25, -0.2) is 8.78 Å². The summed E-state index contributed by atoms with van der Waals surface area (Å²) in [5.74, 6) is -0.791. The second-order valence-electron chi connectivity index (χ2n) is 3.32. The molecule has 0 saturated carbocycles. The van der Waals surface area contributed by atoms with Crippen molar-refractivity contribution in [2.75, 3.05) is 5.73 Å². The first-order valence-electron chi connectivity index (χ1n) is 4.23. The van der Waals surface area contributed by atoms with Crippen LogP contribution in [0.2, 0.25) is 0 Å². The van der Waals surface area contributed by atoms with Gasteiger partial charge in [0.25, 0.3) is 0 Å². The predicted molar refractivity (Wildman–Crippen MR) is 53.0 cm³/mol. The van der Waals surface area contributed by atoms with Crippen molar-refractivity contribution in [3.8, 4) is 0 Å².